The van der Waals surface area contributed by atoms with Crippen molar-refractivity contribution in [2.24, 2.45) is 0 Å². The summed E-state index contributed by atoms with van der Waals surface area (Å²) >= 11 is 6.78. The minimum absolute atomic E-state index is 0.204. The van der Waals surface area contributed by atoms with Crippen molar-refractivity contribution in [3.05, 3.63) is 66.5 Å². The van der Waals surface area contributed by atoms with Crippen LogP contribution in [0.5, 0.6) is 5.75 Å². The second kappa shape index (κ2) is 9.25. The highest BCUT2D eigenvalue weighted by atomic mass is 127. The van der Waals surface area contributed by atoms with Gasteiger partial charge in [0.1, 0.15) is 12.4 Å². The van der Waals surface area contributed by atoms with Crippen LogP contribution >= 0.6 is 50.3 Å². The second-order valence-corrected chi connectivity index (χ2v) is 9.03. The Morgan fingerprint density at radius 1 is 1.19 bits per heavy atom. The summed E-state index contributed by atoms with van der Waals surface area (Å²) in [5, 5.41) is -0.204. The topological polar surface area (TPSA) is 46.6 Å². The van der Waals surface area contributed by atoms with E-state index in [2.05, 4.69) is 38.5 Å². The molecule has 1 fully saturated rings. The third-order valence-electron chi connectivity index (χ3n) is 3.88. The highest BCUT2D eigenvalue weighted by Crippen LogP contribution is 2.34. The van der Waals surface area contributed by atoms with E-state index in [0.717, 1.165) is 39.5 Å². The fraction of sp³-hybridized carbons (Fsp3) is 0.200. The van der Waals surface area contributed by atoms with Crippen LogP contribution in [0.3, 0.4) is 0 Å². The number of ether oxygens (including phenoxy) is 1. The Morgan fingerprint density at radius 3 is 2.59 bits per heavy atom. The molecule has 0 spiro atoms. The normalized spacial score (nSPS) is 15.7. The standard InChI is InChI=1S/C20H17BrINO3S/c1-2-9-23-19(24)18(27-20(23)25)11-14-5-8-17(16(21)10-14)26-12-13-3-6-15(22)7-4-13/h3-8,10-11H,2,9,12H2,1H3/b18-11+. The number of halogens is 2. The lowest BCUT2D eigenvalue weighted by atomic mass is 10.2. The summed E-state index contributed by atoms with van der Waals surface area (Å²) in [5.41, 5.74) is 1.93. The fourth-order valence-electron chi connectivity index (χ4n) is 2.53. The zero-order valence-corrected chi connectivity index (χ0v) is 19.1. The Morgan fingerprint density at radius 2 is 1.93 bits per heavy atom. The molecule has 1 heterocycles. The van der Waals surface area contributed by atoms with Crippen molar-refractivity contribution in [2.75, 3.05) is 6.54 Å². The number of hydrogen-bond acceptors (Lipinski definition) is 4. The number of thioether (sulfide) groups is 1. The van der Waals surface area contributed by atoms with Crippen LogP contribution < -0.4 is 4.74 Å². The largest absolute Gasteiger partial charge is 0.488 e. The smallest absolute Gasteiger partial charge is 0.293 e. The molecule has 0 saturated carbocycles. The van der Waals surface area contributed by atoms with Gasteiger partial charge in [0.05, 0.1) is 9.38 Å². The van der Waals surface area contributed by atoms with Gasteiger partial charge in [-0.15, -0.1) is 0 Å². The van der Waals surface area contributed by atoms with Gasteiger partial charge in [0.2, 0.25) is 0 Å². The maximum absolute atomic E-state index is 12.3. The Hall–Kier alpha value is -1.32. The first-order valence-electron chi connectivity index (χ1n) is 8.40. The number of benzene rings is 2. The maximum atomic E-state index is 12.3. The summed E-state index contributed by atoms with van der Waals surface area (Å²) in [5.74, 6) is 0.506. The lowest BCUT2D eigenvalue weighted by Gasteiger charge is -2.10. The molecule has 0 unspecified atom stereocenters. The highest BCUT2D eigenvalue weighted by molar-refractivity contribution is 14.1. The highest BCUT2D eigenvalue weighted by Gasteiger charge is 2.34. The van der Waals surface area contributed by atoms with E-state index in [4.69, 9.17) is 4.74 Å². The molecule has 2 aromatic rings. The van der Waals surface area contributed by atoms with Gasteiger partial charge in [0.15, 0.2) is 0 Å². The average molecular weight is 558 g/mol. The Labute approximate surface area is 184 Å². The van der Waals surface area contributed by atoms with Crippen LogP contribution in [0, 0.1) is 3.57 Å². The number of imide groups is 1. The summed E-state index contributed by atoms with van der Waals surface area (Å²) in [6.07, 6.45) is 2.50. The van der Waals surface area contributed by atoms with Crippen molar-refractivity contribution < 1.29 is 14.3 Å². The molecule has 27 heavy (non-hydrogen) atoms. The number of amides is 2. The minimum atomic E-state index is -0.220. The second-order valence-electron chi connectivity index (χ2n) is 5.94. The van der Waals surface area contributed by atoms with Crippen LogP contribution in [0.1, 0.15) is 24.5 Å². The van der Waals surface area contributed by atoms with Gasteiger partial charge >= 0.3 is 0 Å². The van der Waals surface area contributed by atoms with Crippen LogP contribution in [0.4, 0.5) is 4.79 Å². The Balaban J connectivity index is 1.70. The summed E-state index contributed by atoms with van der Waals surface area (Å²) in [4.78, 5) is 26.0. The van der Waals surface area contributed by atoms with E-state index < -0.39 is 0 Å². The van der Waals surface area contributed by atoms with Crippen LogP contribution in [0.15, 0.2) is 51.8 Å². The van der Waals surface area contributed by atoms with Crippen LogP contribution in [0.25, 0.3) is 6.08 Å². The maximum Gasteiger partial charge on any atom is 0.293 e. The molecular formula is C20H17BrINO3S. The monoisotopic (exact) mass is 557 g/mol. The van der Waals surface area contributed by atoms with Gasteiger partial charge in [-0.1, -0.05) is 25.1 Å². The predicted molar refractivity (Wildman–Crippen MR) is 121 cm³/mol. The van der Waals surface area contributed by atoms with E-state index in [0.29, 0.717) is 18.1 Å². The Kier molecular flexibility index (Phi) is 6.99. The van der Waals surface area contributed by atoms with E-state index in [9.17, 15) is 9.59 Å². The SMILES string of the molecule is CCCN1C(=O)S/C(=C/c2ccc(OCc3ccc(I)cc3)c(Br)c2)C1=O. The predicted octanol–water partition coefficient (Wildman–Crippen LogP) is 6.08. The van der Waals surface area contributed by atoms with Gasteiger partial charge in [-0.25, -0.2) is 0 Å². The number of hydrogen-bond donors (Lipinski definition) is 0. The fourth-order valence-corrected chi connectivity index (χ4v) is 4.27. The summed E-state index contributed by atoms with van der Waals surface area (Å²) < 4.78 is 7.86. The van der Waals surface area contributed by atoms with Crippen LogP contribution in [0.2, 0.25) is 0 Å². The van der Waals surface area contributed by atoms with Gasteiger partial charge in [0, 0.05) is 10.1 Å². The molecule has 4 nitrogen and oxygen atoms in total. The van der Waals surface area contributed by atoms with E-state index in [-0.39, 0.29) is 11.1 Å². The molecule has 1 aliphatic rings. The molecule has 3 rings (SSSR count). The number of carbonyl (C=O) groups is 2. The molecule has 0 radical (unpaired) electrons. The van der Waals surface area contributed by atoms with Gasteiger partial charge in [-0.05, 0) is 98.2 Å². The number of carbonyl (C=O) groups excluding carboxylic acids is 2. The third kappa shape index (κ3) is 5.14. The van der Waals surface area contributed by atoms with Crippen molar-refractivity contribution >= 4 is 67.5 Å². The van der Waals surface area contributed by atoms with E-state index in [1.807, 2.05) is 49.4 Å². The lowest BCUT2D eigenvalue weighted by molar-refractivity contribution is -0.122. The molecule has 1 saturated heterocycles. The van der Waals surface area contributed by atoms with Crippen molar-refractivity contribution in [3.8, 4) is 5.75 Å². The molecule has 0 aromatic heterocycles. The van der Waals surface area contributed by atoms with Crippen LogP contribution in [-0.4, -0.2) is 22.6 Å². The van der Waals surface area contributed by atoms with Gasteiger partial charge in [-0.2, -0.15) is 0 Å². The van der Waals surface area contributed by atoms with Gasteiger partial charge < -0.3 is 4.74 Å². The molecule has 140 valence electrons. The average Bonchev–Trinajstić information content (AvgIpc) is 2.90. The molecule has 0 N–H and O–H groups in total. The number of nitrogens with zero attached hydrogens (tertiary/aromatic N) is 1. The molecule has 0 atom stereocenters. The van der Waals surface area contributed by atoms with Gasteiger partial charge in [0.25, 0.3) is 11.1 Å². The molecular weight excluding hydrogens is 541 g/mol. The van der Waals surface area contributed by atoms with Crippen molar-refractivity contribution in [2.45, 2.75) is 20.0 Å². The van der Waals surface area contributed by atoms with Crippen molar-refractivity contribution in [1.29, 1.82) is 0 Å². The first kappa shape index (κ1) is 20.4. The first-order valence-corrected chi connectivity index (χ1v) is 11.1. The number of rotatable bonds is 6. The molecule has 0 bridgehead atoms. The molecule has 2 amide bonds. The van der Waals surface area contributed by atoms with Crippen LogP contribution in [-0.2, 0) is 11.4 Å². The van der Waals surface area contributed by atoms with E-state index in [1.54, 1.807) is 6.08 Å². The zero-order chi connectivity index (χ0) is 19.4. The van der Waals surface area contributed by atoms with Gasteiger partial charge in [-0.3, -0.25) is 14.5 Å². The zero-order valence-electron chi connectivity index (χ0n) is 14.6. The van der Waals surface area contributed by atoms with Crippen molar-refractivity contribution in [1.82, 2.24) is 4.90 Å². The summed E-state index contributed by atoms with van der Waals surface area (Å²) in [7, 11) is 0. The van der Waals surface area contributed by atoms with Crippen molar-refractivity contribution in [3.63, 3.8) is 0 Å². The molecule has 0 aliphatic carbocycles. The third-order valence-corrected chi connectivity index (χ3v) is 6.13. The first-order chi connectivity index (χ1) is 13.0. The molecule has 1 aliphatic heterocycles. The molecule has 2 aromatic carbocycles. The van der Waals surface area contributed by atoms with E-state index >= 15 is 0 Å². The van der Waals surface area contributed by atoms with E-state index in [1.165, 1.54) is 8.47 Å². The summed E-state index contributed by atoms with van der Waals surface area (Å²) in [6.45, 7) is 2.88. The minimum Gasteiger partial charge on any atom is -0.488 e. The quantitative estimate of drug-likeness (QED) is 0.319. The molecule has 7 heteroatoms. The lowest BCUT2D eigenvalue weighted by Crippen LogP contribution is -2.28. The summed E-state index contributed by atoms with van der Waals surface area (Å²) in [6, 6.07) is 13.8. The Bertz CT molecular complexity index is 899.